The number of aryl methyl sites for hydroxylation is 1. The lowest BCUT2D eigenvalue weighted by Crippen LogP contribution is -2.05. The van der Waals surface area contributed by atoms with Gasteiger partial charge in [0.2, 0.25) is 11.7 Å². The zero-order chi connectivity index (χ0) is 14.1. The number of carboxylic acid groups (broad SMARTS) is 1. The lowest BCUT2D eigenvalue weighted by Gasteiger charge is -2.03. The van der Waals surface area contributed by atoms with Gasteiger partial charge in [0, 0.05) is 12.3 Å². The molecule has 0 aliphatic rings. The van der Waals surface area contributed by atoms with Gasteiger partial charge in [-0.15, -0.1) is 10.2 Å². The lowest BCUT2D eigenvalue weighted by molar-refractivity contribution is 0.0683. The quantitative estimate of drug-likeness (QED) is 0.731. The zero-order valence-electron chi connectivity index (χ0n) is 10.3. The van der Waals surface area contributed by atoms with Gasteiger partial charge in [0.15, 0.2) is 0 Å². The van der Waals surface area contributed by atoms with Crippen molar-refractivity contribution in [3.05, 3.63) is 36.0 Å². The standard InChI is InChI=1S/C12H8N4O3S/c1-6-15-16-12(19-6)20-10-7-4-2-3-5-8(7)13-9(14-10)11(17)18/h2-5H,1H3,(H,17,18). The van der Waals surface area contributed by atoms with Crippen molar-refractivity contribution in [1.29, 1.82) is 0 Å². The zero-order valence-corrected chi connectivity index (χ0v) is 11.1. The number of rotatable bonds is 3. The van der Waals surface area contributed by atoms with E-state index in [1.807, 2.05) is 12.1 Å². The van der Waals surface area contributed by atoms with E-state index in [1.54, 1.807) is 19.1 Å². The molecule has 0 spiro atoms. The highest BCUT2D eigenvalue weighted by Crippen LogP contribution is 2.30. The summed E-state index contributed by atoms with van der Waals surface area (Å²) in [7, 11) is 0. The highest BCUT2D eigenvalue weighted by Gasteiger charge is 2.15. The summed E-state index contributed by atoms with van der Waals surface area (Å²) < 4.78 is 5.27. The number of carboxylic acids is 1. The van der Waals surface area contributed by atoms with E-state index in [4.69, 9.17) is 9.52 Å². The average Bonchev–Trinajstić information content (AvgIpc) is 2.84. The van der Waals surface area contributed by atoms with E-state index in [0.717, 1.165) is 17.1 Å². The second-order valence-corrected chi connectivity index (χ2v) is 4.80. The number of hydrogen-bond acceptors (Lipinski definition) is 7. The van der Waals surface area contributed by atoms with Crippen LogP contribution in [0.25, 0.3) is 10.9 Å². The molecule has 3 rings (SSSR count). The van der Waals surface area contributed by atoms with Crippen molar-refractivity contribution in [2.75, 3.05) is 0 Å². The van der Waals surface area contributed by atoms with Crippen LogP contribution in [-0.2, 0) is 0 Å². The molecule has 0 aliphatic heterocycles. The highest BCUT2D eigenvalue weighted by molar-refractivity contribution is 7.99. The minimum atomic E-state index is -1.18. The summed E-state index contributed by atoms with van der Waals surface area (Å²) in [4.78, 5) is 19.1. The normalized spacial score (nSPS) is 10.8. The minimum Gasteiger partial charge on any atom is -0.475 e. The molecule has 7 nitrogen and oxygen atoms in total. The Kier molecular flexibility index (Phi) is 3.07. The summed E-state index contributed by atoms with van der Waals surface area (Å²) >= 11 is 1.11. The molecule has 2 heterocycles. The molecule has 0 unspecified atom stereocenters. The van der Waals surface area contributed by atoms with Gasteiger partial charge in [-0.05, 0) is 17.8 Å². The topological polar surface area (TPSA) is 102 Å². The molecule has 20 heavy (non-hydrogen) atoms. The van der Waals surface area contributed by atoms with E-state index < -0.39 is 5.97 Å². The molecule has 0 atom stereocenters. The molecule has 8 heteroatoms. The van der Waals surface area contributed by atoms with Crippen LogP contribution in [0, 0.1) is 6.92 Å². The van der Waals surface area contributed by atoms with Crippen LogP contribution in [-0.4, -0.2) is 31.2 Å². The molecule has 3 aromatic rings. The maximum absolute atomic E-state index is 11.1. The largest absolute Gasteiger partial charge is 0.475 e. The van der Waals surface area contributed by atoms with Gasteiger partial charge in [0.1, 0.15) is 5.03 Å². The fourth-order valence-corrected chi connectivity index (χ4v) is 2.45. The molecular formula is C12H8N4O3S. The second-order valence-electron chi connectivity index (χ2n) is 3.86. The van der Waals surface area contributed by atoms with Crippen molar-refractivity contribution in [3.63, 3.8) is 0 Å². The highest BCUT2D eigenvalue weighted by atomic mass is 32.2. The summed E-state index contributed by atoms with van der Waals surface area (Å²) in [6.45, 7) is 1.68. The van der Waals surface area contributed by atoms with Crippen LogP contribution in [0.2, 0.25) is 0 Å². The Morgan fingerprint density at radius 3 is 2.75 bits per heavy atom. The molecule has 0 amide bonds. The van der Waals surface area contributed by atoms with Gasteiger partial charge in [-0.2, -0.15) is 0 Å². The fraction of sp³-hybridized carbons (Fsp3) is 0.0833. The summed E-state index contributed by atoms with van der Waals surface area (Å²) in [5, 5.41) is 18.1. The van der Waals surface area contributed by atoms with Crippen molar-refractivity contribution in [1.82, 2.24) is 20.2 Å². The number of benzene rings is 1. The van der Waals surface area contributed by atoms with Crippen LogP contribution in [0.3, 0.4) is 0 Å². The summed E-state index contributed by atoms with van der Waals surface area (Å²) in [6.07, 6.45) is 0. The van der Waals surface area contributed by atoms with Gasteiger partial charge in [-0.3, -0.25) is 0 Å². The molecule has 0 saturated heterocycles. The van der Waals surface area contributed by atoms with Crippen LogP contribution in [0.4, 0.5) is 0 Å². The Balaban J connectivity index is 2.14. The molecule has 0 radical (unpaired) electrons. The second kappa shape index (κ2) is 4.89. The summed E-state index contributed by atoms with van der Waals surface area (Å²) in [6, 6.07) is 7.15. The van der Waals surface area contributed by atoms with Crippen LogP contribution in [0.1, 0.15) is 16.5 Å². The van der Waals surface area contributed by atoms with E-state index in [9.17, 15) is 4.79 Å². The molecule has 2 aromatic heterocycles. The van der Waals surface area contributed by atoms with Crippen molar-refractivity contribution in [2.45, 2.75) is 17.2 Å². The van der Waals surface area contributed by atoms with Crippen LogP contribution in [0.5, 0.6) is 0 Å². The molecule has 1 N–H and O–H groups in total. The lowest BCUT2D eigenvalue weighted by atomic mass is 10.2. The third-order valence-electron chi connectivity index (χ3n) is 2.45. The number of aromatic nitrogens is 4. The monoisotopic (exact) mass is 288 g/mol. The maximum Gasteiger partial charge on any atom is 0.373 e. The number of fused-ring (bicyclic) bond motifs is 1. The van der Waals surface area contributed by atoms with Gasteiger partial charge in [-0.1, -0.05) is 18.2 Å². The molecular weight excluding hydrogens is 280 g/mol. The number of aromatic carboxylic acids is 1. The molecule has 0 saturated carbocycles. The number of carbonyl (C=O) groups is 1. The predicted molar refractivity (Wildman–Crippen MR) is 69.7 cm³/mol. The summed E-state index contributed by atoms with van der Waals surface area (Å²) in [5.74, 6) is -1.01. The molecule has 0 fully saturated rings. The van der Waals surface area contributed by atoms with Gasteiger partial charge < -0.3 is 9.52 Å². The Bertz CT molecular complexity index is 802. The van der Waals surface area contributed by atoms with Crippen LogP contribution in [0.15, 0.2) is 38.9 Å². The first-order valence-electron chi connectivity index (χ1n) is 5.61. The fourth-order valence-electron chi connectivity index (χ4n) is 1.62. The van der Waals surface area contributed by atoms with Gasteiger partial charge in [0.25, 0.3) is 5.22 Å². The Hall–Kier alpha value is -2.48. The van der Waals surface area contributed by atoms with Crippen molar-refractivity contribution in [3.8, 4) is 0 Å². The number of nitrogens with zero attached hydrogens (tertiary/aromatic N) is 4. The third-order valence-corrected chi connectivity index (χ3v) is 3.30. The van der Waals surface area contributed by atoms with E-state index in [1.165, 1.54) is 0 Å². The minimum absolute atomic E-state index is 0.262. The van der Waals surface area contributed by atoms with Gasteiger partial charge in [-0.25, -0.2) is 14.8 Å². The Morgan fingerprint density at radius 2 is 2.05 bits per heavy atom. The average molecular weight is 288 g/mol. The molecule has 100 valence electrons. The number of para-hydroxylation sites is 1. The van der Waals surface area contributed by atoms with Gasteiger partial charge in [0.05, 0.1) is 5.52 Å². The third kappa shape index (κ3) is 2.32. The smallest absolute Gasteiger partial charge is 0.373 e. The van der Waals surface area contributed by atoms with E-state index in [0.29, 0.717) is 21.7 Å². The van der Waals surface area contributed by atoms with Gasteiger partial charge >= 0.3 is 5.97 Å². The first kappa shape index (κ1) is 12.5. The van der Waals surface area contributed by atoms with Crippen molar-refractivity contribution >= 4 is 28.6 Å². The molecule has 1 aromatic carbocycles. The first-order chi connectivity index (χ1) is 9.63. The Morgan fingerprint density at radius 1 is 1.25 bits per heavy atom. The van der Waals surface area contributed by atoms with E-state index in [-0.39, 0.29) is 5.82 Å². The number of hydrogen-bond donors (Lipinski definition) is 1. The molecule has 0 bridgehead atoms. The van der Waals surface area contributed by atoms with Crippen molar-refractivity contribution < 1.29 is 14.3 Å². The van der Waals surface area contributed by atoms with E-state index in [2.05, 4.69) is 20.2 Å². The van der Waals surface area contributed by atoms with Crippen LogP contribution < -0.4 is 0 Å². The SMILES string of the molecule is Cc1nnc(Sc2nc(C(=O)O)nc3ccccc23)o1. The maximum atomic E-state index is 11.1. The van der Waals surface area contributed by atoms with Crippen molar-refractivity contribution in [2.24, 2.45) is 0 Å². The molecule has 0 aliphatic carbocycles. The van der Waals surface area contributed by atoms with Crippen LogP contribution >= 0.6 is 11.8 Å². The Labute approximate surface area is 117 Å². The predicted octanol–water partition coefficient (Wildman–Crippen LogP) is 2.17. The summed E-state index contributed by atoms with van der Waals surface area (Å²) in [5.41, 5.74) is 0.554. The first-order valence-corrected chi connectivity index (χ1v) is 6.43. The van der Waals surface area contributed by atoms with E-state index >= 15 is 0 Å².